The Labute approximate surface area is 187 Å². The number of carbonyl (C=O) groups is 1. The summed E-state index contributed by atoms with van der Waals surface area (Å²) in [6, 6.07) is 14.8. The van der Waals surface area contributed by atoms with E-state index in [0.717, 1.165) is 10.1 Å². The molecule has 6 nitrogen and oxygen atoms in total. The molecule has 2 aromatic heterocycles. The summed E-state index contributed by atoms with van der Waals surface area (Å²) >= 11 is 1.22. The molecule has 0 spiro atoms. The molecule has 0 radical (unpaired) electrons. The number of amides is 1. The molecule has 4 aromatic rings. The van der Waals surface area contributed by atoms with Gasteiger partial charge in [0.25, 0.3) is 5.56 Å². The second-order valence-electron chi connectivity index (χ2n) is 7.81. The summed E-state index contributed by atoms with van der Waals surface area (Å²) in [6.07, 6.45) is 0. The molecule has 0 saturated heterocycles. The van der Waals surface area contributed by atoms with Gasteiger partial charge < -0.3 is 5.32 Å². The van der Waals surface area contributed by atoms with Gasteiger partial charge in [0, 0.05) is 5.69 Å². The number of rotatable bonds is 6. The van der Waals surface area contributed by atoms with Crippen LogP contribution >= 0.6 is 11.3 Å². The SMILES string of the molecule is CC(C)c1ccccc1NC(=O)Cn1c(=O)n(Cc2ccc(F)cc2)c(=O)c2sccc21. The molecule has 164 valence electrons. The van der Waals surface area contributed by atoms with Crippen molar-refractivity contribution in [3.8, 4) is 0 Å². The molecular weight excluding hydrogens is 429 g/mol. The summed E-state index contributed by atoms with van der Waals surface area (Å²) in [5, 5.41) is 4.61. The molecule has 1 amide bonds. The number of carbonyl (C=O) groups excluding carboxylic acids is 1. The van der Waals surface area contributed by atoms with Crippen LogP contribution < -0.4 is 16.6 Å². The maximum Gasteiger partial charge on any atom is 0.332 e. The van der Waals surface area contributed by atoms with Gasteiger partial charge in [0.2, 0.25) is 5.91 Å². The van der Waals surface area contributed by atoms with Gasteiger partial charge in [-0.25, -0.2) is 9.18 Å². The Hall–Kier alpha value is -3.52. The molecule has 2 heterocycles. The van der Waals surface area contributed by atoms with Crippen LogP contribution in [0.25, 0.3) is 10.2 Å². The molecule has 4 rings (SSSR count). The van der Waals surface area contributed by atoms with E-state index in [-0.39, 0.29) is 24.9 Å². The molecule has 0 fully saturated rings. The molecule has 8 heteroatoms. The third kappa shape index (κ3) is 4.27. The van der Waals surface area contributed by atoms with Crippen LogP contribution in [0.4, 0.5) is 10.1 Å². The molecule has 0 atom stereocenters. The van der Waals surface area contributed by atoms with E-state index >= 15 is 0 Å². The van der Waals surface area contributed by atoms with Gasteiger partial charge in [0.1, 0.15) is 17.1 Å². The molecule has 32 heavy (non-hydrogen) atoms. The fourth-order valence-corrected chi connectivity index (χ4v) is 4.49. The molecule has 1 N–H and O–H groups in total. The molecule has 0 aliphatic carbocycles. The number of benzene rings is 2. The van der Waals surface area contributed by atoms with Crippen molar-refractivity contribution in [2.75, 3.05) is 5.32 Å². The summed E-state index contributed by atoms with van der Waals surface area (Å²) in [4.78, 5) is 39.0. The molecule has 0 unspecified atom stereocenters. The van der Waals surface area contributed by atoms with E-state index in [1.165, 1.54) is 40.2 Å². The average molecular weight is 452 g/mol. The van der Waals surface area contributed by atoms with Crippen LogP contribution in [0, 0.1) is 5.82 Å². The fourth-order valence-electron chi connectivity index (χ4n) is 3.65. The largest absolute Gasteiger partial charge is 0.332 e. The lowest BCUT2D eigenvalue weighted by molar-refractivity contribution is -0.116. The van der Waals surface area contributed by atoms with E-state index in [0.29, 0.717) is 21.5 Å². The molecular formula is C24H22FN3O3S. The van der Waals surface area contributed by atoms with Crippen LogP contribution in [-0.2, 0) is 17.9 Å². The third-order valence-corrected chi connectivity index (χ3v) is 6.14. The normalized spacial score (nSPS) is 11.2. The smallest absolute Gasteiger partial charge is 0.324 e. The van der Waals surface area contributed by atoms with Crippen LogP contribution in [0.5, 0.6) is 0 Å². The third-order valence-electron chi connectivity index (χ3n) is 5.25. The first kappa shape index (κ1) is 21.7. The topological polar surface area (TPSA) is 73.1 Å². The van der Waals surface area contributed by atoms with Crippen molar-refractivity contribution in [3.05, 3.63) is 97.8 Å². The second kappa shape index (κ2) is 8.92. The maximum atomic E-state index is 13.2. The van der Waals surface area contributed by atoms with Crippen molar-refractivity contribution in [1.29, 1.82) is 0 Å². The number of anilines is 1. The summed E-state index contributed by atoms with van der Waals surface area (Å²) in [5.41, 5.74) is 1.72. The van der Waals surface area contributed by atoms with Crippen molar-refractivity contribution >= 4 is 33.1 Å². The van der Waals surface area contributed by atoms with E-state index in [1.54, 1.807) is 11.4 Å². The van der Waals surface area contributed by atoms with E-state index in [1.807, 2.05) is 38.1 Å². The van der Waals surface area contributed by atoms with Gasteiger partial charge in [-0.2, -0.15) is 0 Å². The van der Waals surface area contributed by atoms with Gasteiger partial charge in [-0.3, -0.25) is 18.7 Å². The van der Waals surface area contributed by atoms with Crippen molar-refractivity contribution < 1.29 is 9.18 Å². The highest BCUT2D eigenvalue weighted by Gasteiger charge is 2.17. The Bertz CT molecular complexity index is 1400. The summed E-state index contributed by atoms with van der Waals surface area (Å²) in [5.74, 6) is -0.541. The average Bonchev–Trinajstić information content (AvgIpc) is 3.26. The van der Waals surface area contributed by atoms with Gasteiger partial charge in [-0.05, 0) is 46.7 Å². The summed E-state index contributed by atoms with van der Waals surface area (Å²) in [6.45, 7) is 3.83. The van der Waals surface area contributed by atoms with E-state index in [2.05, 4.69) is 5.32 Å². The van der Waals surface area contributed by atoms with Gasteiger partial charge >= 0.3 is 5.69 Å². The minimum absolute atomic E-state index is 0.0103. The lowest BCUT2D eigenvalue weighted by Gasteiger charge is -2.15. The number of aromatic nitrogens is 2. The number of thiophene rings is 1. The van der Waals surface area contributed by atoms with Crippen molar-refractivity contribution in [2.45, 2.75) is 32.9 Å². The first-order valence-corrected chi connectivity index (χ1v) is 11.1. The summed E-state index contributed by atoms with van der Waals surface area (Å²) in [7, 11) is 0. The van der Waals surface area contributed by atoms with Crippen LogP contribution in [-0.4, -0.2) is 15.0 Å². The van der Waals surface area contributed by atoms with Crippen LogP contribution in [0.2, 0.25) is 0 Å². The molecule has 0 aliphatic rings. The zero-order chi connectivity index (χ0) is 22.8. The molecule has 0 bridgehead atoms. The van der Waals surface area contributed by atoms with Crippen molar-refractivity contribution in [1.82, 2.24) is 9.13 Å². The number of halogens is 1. The minimum Gasteiger partial charge on any atom is -0.324 e. The van der Waals surface area contributed by atoms with Crippen LogP contribution in [0.15, 0.2) is 69.6 Å². The number of nitrogens with one attached hydrogen (secondary N) is 1. The zero-order valence-corrected chi connectivity index (χ0v) is 18.5. The van der Waals surface area contributed by atoms with Crippen LogP contribution in [0.1, 0.15) is 30.9 Å². The zero-order valence-electron chi connectivity index (χ0n) is 17.7. The number of fused-ring (bicyclic) bond motifs is 1. The number of nitrogens with zero attached hydrogens (tertiary/aromatic N) is 2. The lowest BCUT2D eigenvalue weighted by Crippen LogP contribution is -2.41. The Morgan fingerprint density at radius 3 is 2.47 bits per heavy atom. The number of para-hydroxylation sites is 1. The second-order valence-corrected chi connectivity index (χ2v) is 8.73. The molecule has 2 aromatic carbocycles. The summed E-state index contributed by atoms with van der Waals surface area (Å²) < 4.78 is 16.0. The fraction of sp³-hybridized carbons (Fsp3) is 0.208. The van der Waals surface area contributed by atoms with Crippen LogP contribution in [0.3, 0.4) is 0 Å². The number of hydrogen-bond acceptors (Lipinski definition) is 4. The quantitative estimate of drug-likeness (QED) is 0.478. The van der Waals surface area contributed by atoms with Crippen molar-refractivity contribution in [3.63, 3.8) is 0 Å². The van der Waals surface area contributed by atoms with Gasteiger partial charge in [-0.1, -0.05) is 44.2 Å². The van der Waals surface area contributed by atoms with E-state index in [4.69, 9.17) is 0 Å². The highest BCUT2D eigenvalue weighted by Crippen LogP contribution is 2.24. The maximum absolute atomic E-state index is 13.2. The highest BCUT2D eigenvalue weighted by atomic mass is 32.1. The van der Waals surface area contributed by atoms with Crippen molar-refractivity contribution in [2.24, 2.45) is 0 Å². The first-order valence-electron chi connectivity index (χ1n) is 10.2. The highest BCUT2D eigenvalue weighted by molar-refractivity contribution is 7.17. The Kier molecular flexibility index (Phi) is 6.05. The first-order chi connectivity index (χ1) is 15.3. The van der Waals surface area contributed by atoms with Gasteiger partial charge in [0.15, 0.2) is 0 Å². The Morgan fingerprint density at radius 1 is 1.03 bits per heavy atom. The molecule has 0 saturated carbocycles. The predicted octanol–water partition coefficient (Wildman–Crippen LogP) is 4.17. The van der Waals surface area contributed by atoms with E-state index < -0.39 is 17.1 Å². The monoisotopic (exact) mass is 451 g/mol. The Balaban J connectivity index is 1.70. The molecule has 0 aliphatic heterocycles. The predicted molar refractivity (Wildman–Crippen MR) is 125 cm³/mol. The van der Waals surface area contributed by atoms with Gasteiger partial charge in [-0.15, -0.1) is 11.3 Å². The standard InChI is InChI=1S/C24H22FN3O3S/c1-15(2)18-5-3-4-6-19(18)26-21(29)14-27-20-11-12-32-22(20)23(30)28(24(27)31)13-16-7-9-17(25)10-8-16/h3-12,15H,13-14H2,1-2H3,(H,26,29). The number of hydrogen-bond donors (Lipinski definition) is 1. The van der Waals surface area contributed by atoms with E-state index in [9.17, 15) is 18.8 Å². The van der Waals surface area contributed by atoms with Gasteiger partial charge in [0.05, 0.1) is 12.1 Å². The lowest BCUT2D eigenvalue weighted by atomic mass is 10.0. The Morgan fingerprint density at radius 2 is 1.75 bits per heavy atom. The minimum atomic E-state index is -0.586.